The maximum Gasteiger partial charge on any atom is 0.312 e. The summed E-state index contributed by atoms with van der Waals surface area (Å²) in [4.78, 5) is 13.9. The highest BCUT2D eigenvalue weighted by Gasteiger charge is 2.40. The number of aliphatic hydroxyl groups excluding tert-OH is 1. The summed E-state index contributed by atoms with van der Waals surface area (Å²) in [5.74, 6) is -1.43. The Balaban J connectivity index is 1.31. The first-order valence-electron chi connectivity index (χ1n) is 14.5. The highest BCUT2D eigenvalue weighted by molar-refractivity contribution is 7.89. The zero-order valence-electron chi connectivity index (χ0n) is 24.1. The third kappa shape index (κ3) is 7.97. The first-order chi connectivity index (χ1) is 20.8. The van der Waals surface area contributed by atoms with Gasteiger partial charge in [-0.3, -0.25) is 4.79 Å². The van der Waals surface area contributed by atoms with Gasteiger partial charge in [0.15, 0.2) is 0 Å². The number of aryl methyl sites for hydroxylation is 1. The summed E-state index contributed by atoms with van der Waals surface area (Å²) in [6.07, 6.45) is -0.913. The molecule has 43 heavy (non-hydrogen) atoms. The molecule has 0 amide bonds. The molecule has 7 nitrogen and oxygen atoms in total. The highest BCUT2D eigenvalue weighted by Crippen LogP contribution is 2.35. The number of benzene rings is 4. The van der Waals surface area contributed by atoms with Crippen molar-refractivity contribution in [2.75, 3.05) is 6.61 Å². The van der Waals surface area contributed by atoms with Gasteiger partial charge in [0.2, 0.25) is 10.0 Å². The number of fused-ring (bicyclic) bond motifs is 1. The number of aliphatic hydroxyl groups is 1. The van der Waals surface area contributed by atoms with Crippen molar-refractivity contribution in [2.45, 2.75) is 55.9 Å². The topological polar surface area (TPSA) is 102 Å². The van der Waals surface area contributed by atoms with Crippen molar-refractivity contribution in [1.82, 2.24) is 4.72 Å². The largest absolute Gasteiger partial charge is 0.460 e. The molecular formula is C35H37NO6S. The second-order valence-electron chi connectivity index (χ2n) is 11.0. The number of ether oxygens (including phenoxy) is 2. The second-order valence-corrected chi connectivity index (χ2v) is 12.7. The zero-order chi connectivity index (χ0) is 30.2. The van der Waals surface area contributed by atoms with Crippen LogP contribution in [0, 0.1) is 12.8 Å². The third-order valence-electron chi connectivity index (χ3n) is 7.80. The van der Waals surface area contributed by atoms with Gasteiger partial charge in [-0.25, -0.2) is 8.42 Å². The van der Waals surface area contributed by atoms with E-state index >= 15 is 0 Å². The Bertz CT molecular complexity index is 1590. The predicted octanol–water partition coefficient (Wildman–Crippen LogP) is 5.31. The summed E-state index contributed by atoms with van der Waals surface area (Å²) in [6, 6.07) is 32.6. The minimum Gasteiger partial charge on any atom is -0.460 e. The molecule has 0 aliphatic heterocycles. The molecule has 2 N–H and O–H groups in total. The summed E-state index contributed by atoms with van der Waals surface area (Å²) in [5, 5.41) is 11.2. The van der Waals surface area contributed by atoms with Crippen LogP contribution < -0.4 is 4.72 Å². The van der Waals surface area contributed by atoms with Crippen LogP contribution in [0.15, 0.2) is 114 Å². The first kappa shape index (κ1) is 30.6. The Morgan fingerprint density at radius 2 is 1.51 bits per heavy atom. The number of hydrogen-bond acceptors (Lipinski definition) is 6. The average molecular weight is 600 g/mol. The molecule has 0 radical (unpaired) electrons. The van der Waals surface area contributed by atoms with Gasteiger partial charge < -0.3 is 14.6 Å². The fraction of sp³-hybridized carbons (Fsp3) is 0.286. The van der Waals surface area contributed by atoms with E-state index in [1.165, 1.54) is 0 Å². The number of hydrogen-bond donors (Lipinski definition) is 2. The standard InChI is InChI=1S/C35H37NO6S/c1-25-16-18-29(19-17-25)43(39,40)36-34-30-15-9-8-14-28(30)23-33(34)42-35(38)31(22-26-10-4-2-5-11-26)32(37)20-21-41-24-27-12-6-3-7-13-27/h2-19,31-34,36-37H,20-24H2,1H3/t31-,32-,33+,34-/m0/s1. The van der Waals surface area contributed by atoms with Gasteiger partial charge in [0, 0.05) is 13.0 Å². The van der Waals surface area contributed by atoms with E-state index in [0.29, 0.717) is 13.0 Å². The molecule has 0 unspecified atom stereocenters. The molecule has 4 aromatic carbocycles. The van der Waals surface area contributed by atoms with Crippen LogP contribution in [-0.4, -0.2) is 38.3 Å². The van der Waals surface area contributed by atoms with Crippen LogP contribution in [0.5, 0.6) is 0 Å². The fourth-order valence-corrected chi connectivity index (χ4v) is 6.65. The number of rotatable bonds is 13. The van der Waals surface area contributed by atoms with E-state index < -0.39 is 40.2 Å². The van der Waals surface area contributed by atoms with Crippen molar-refractivity contribution in [3.8, 4) is 0 Å². The van der Waals surface area contributed by atoms with E-state index in [2.05, 4.69) is 4.72 Å². The van der Waals surface area contributed by atoms with Crippen LogP contribution in [0.2, 0.25) is 0 Å². The van der Waals surface area contributed by atoms with Crippen LogP contribution in [-0.2, 0) is 43.7 Å². The van der Waals surface area contributed by atoms with Crippen LogP contribution in [0.3, 0.4) is 0 Å². The molecule has 0 fully saturated rings. The molecule has 0 heterocycles. The van der Waals surface area contributed by atoms with Crippen molar-refractivity contribution in [1.29, 1.82) is 0 Å². The van der Waals surface area contributed by atoms with Gasteiger partial charge in [0.1, 0.15) is 6.10 Å². The van der Waals surface area contributed by atoms with Gasteiger partial charge >= 0.3 is 5.97 Å². The van der Waals surface area contributed by atoms with Gasteiger partial charge in [0.25, 0.3) is 0 Å². The minimum atomic E-state index is -3.90. The van der Waals surface area contributed by atoms with Gasteiger partial charge in [-0.05, 0) is 54.2 Å². The maximum atomic E-state index is 13.8. The molecule has 8 heteroatoms. The molecular weight excluding hydrogens is 562 g/mol. The quantitative estimate of drug-likeness (QED) is 0.160. The van der Waals surface area contributed by atoms with Crippen LogP contribution in [0.1, 0.15) is 40.3 Å². The minimum absolute atomic E-state index is 0.139. The van der Waals surface area contributed by atoms with Gasteiger partial charge in [0.05, 0.1) is 29.6 Å². The second kappa shape index (κ2) is 14.1. The third-order valence-corrected chi connectivity index (χ3v) is 9.26. The average Bonchev–Trinajstić information content (AvgIpc) is 3.35. The lowest BCUT2D eigenvalue weighted by Gasteiger charge is -2.27. The van der Waals surface area contributed by atoms with Gasteiger partial charge in [-0.15, -0.1) is 0 Å². The van der Waals surface area contributed by atoms with Crippen LogP contribution in [0.25, 0.3) is 0 Å². The number of esters is 1. The molecule has 0 saturated heterocycles. The number of nitrogens with one attached hydrogen (secondary N) is 1. The lowest BCUT2D eigenvalue weighted by molar-refractivity contribution is -0.159. The predicted molar refractivity (Wildman–Crippen MR) is 165 cm³/mol. The maximum absolute atomic E-state index is 13.8. The van der Waals surface area contributed by atoms with Crippen LogP contribution >= 0.6 is 0 Å². The van der Waals surface area contributed by atoms with Crippen molar-refractivity contribution in [2.24, 2.45) is 5.92 Å². The van der Waals surface area contributed by atoms with Gasteiger partial charge in [-0.2, -0.15) is 4.72 Å². The van der Waals surface area contributed by atoms with Crippen molar-refractivity contribution in [3.05, 3.63) is 137 Å². The van der Waals surface area contributed by atoms with E-state index in [4.69, 9.17) is 9.47 Å². The molecule has 0 saturated carbocycles. The van der Waals surface area contributed by atoms with E-state index in [0.717, 1.165) is 27.8 Å². The van der Waals surface area contributed by atoms with E-state index in [1.807, 2.05) is 91.9 Å². The number of carbonyl (C=O) groups excluding carboxylic acids is 1. The van der Waals surface area contributed by atoms with Crippen LogP contribution in [0.4, 0.5) is 0 Å². The van der Waals surface area contributed by atoms with Crippen molar-refractivity contribution < 1.29 is 27.8 Å². The molecule has 0 aromatic heterocycles. The summed E-state index contributed by atoms with van der Waals surface area (Å²) < 4.78 is 41.4. The van der Waals surface area contributed by atoms with E-state index in [1.54, 1.807) is 24.3 Å². The molecule has 4 atom stereocenters. The molecule has 0 spiro atoms. The molecule has 0 bridgehead atoms. The van der Waals surface area contributed by atoms with Crippen molar-refractivity contribution in [3.63, 3.8) is 0 Å². The Morgan fingerprint density at radius 1 is 0.884 bits per heavy atom. The summed E-state index contributed by atoms with van der Waals surface area (Å²) in [7, 11) is -3.90. The molecule has 4 aromatic rings. The number of sulfonamides is 1. The van der Waals surface area contributed by atoms with E-state index in [-0.39, 0.29) is 24.3 Å². The zero-order valence-corrected chi connectivity index (χ0v) is 25.0. The number of carbonyl (C=O) groups is 1. The Labute approximate surface area is 253 Å². The monoisotopic (exact) mass is 599 g/mol. The highest BCUT2D eigenvalue weighted by atomic mass is 32.2. The first-order valence-corrected chi connectivity index (χ1v) is 16.0. The fourth-order valence-electron chi connectivity index (χ4n) is 5.41. The SMILES string of the molecule is Cc1ccc(S(=O)(=O)N[C@H]2c3ccccc3C[C@H]2OC(=O)[C@@H](Cc2ccccc2)[C@@H](O)CCOCc2ccccc2)cc1. The molecule has 1 aliphatic carbocycles. The van der Waals surface area contributed by atoms with E-state index in [9.17, 15) is 18.3 Å². The Morgan fingerprint density at radius 3 is 2.21 bits per heavy atom. The van der Waals surface area contributed by atoms with Gasteiger partial charge in [-0.1, -0.05) is 103 Å². The lowest BCUT2D eigenvalue weighted by atomic mass is 9.92. The summed E-state index contributed by atoms with van der Waals surface area (Å²) in [6.45, 7) is 2.56. The van der Waals surface area contributed by atoms with Crippen molar-refractivity contribution >= 4 is 16.0 Å². The lowest BCUT2D eigenvalue weighted by Crippen LogP contribution is -2.40. The molecule has 1 aliphatic rings. The Kier molecular flexibility index (Phi) is 10.0. The normalized spacial score (nSPS) is 17.6. The summed E-state index contributed by atoms with van der Waals surface area (Å²) >= 11 is 0. The smallest absolute Gasteiger partial charge is 0.312 e. The summed E-state index contributed by atoms with van der Waals surface area (Å²) in [5.41, 5.74) is 4.54. The Hall–Kier alpha value is -3.82. The molecule has 224 valence electrons. The molecule has 5 rings (SSSR count).